The van der Waals surface area contributed by atoms with Gasteiger partial charge in [-0.05, 0) is 49.7 Å². The topological polar surface area (TPSA) is 204 Å². The van der Waals surface area contributed by atoms with Crippen molar-refractivity contribution in [2.24, 2.45) is 0 Å². The lowest BCUT2D eigenvalue weighted by atomic mass is 10.0. The number of aliphatic hydroxyl groups is 5. The number of nitrogens with one attached hydrogen (secondary N) is 1. The molecule has 0 spiro atoms. The Kier molecular flexibility index (Phi) is 20.4. The highest BCUT2D eigenvalue weighted by Crippen LogP contribution is 2.15. The van der Waals surface area contributed by atoms with Crippen LogP contribution < -0.4 is 15.6 Å². The maximum absolute atomic E-state index is 12.8. The second-order valence-electron chi connectivity index (χ2n) is 12.1. The summed E-state index contributed by atoms with van der Waals surface area (Å²) in [6, 6.07) is 14.6. The summed E-state index contributed by atoms with van der Waals surface area (Å²) in [5, 5.41) is 59.3. The number of hydrogen-bond acceptors (Lipinski definition) is 11. The molecular formula is C37H57N3O10. The SMILES string of the molecule is CCCCCCCCNCC(O)C(O)C(O)C(O)CO.CCOC(Cc1ccc(OCCn2c(CC)nc3ccccc3c2=O)cc1)C(=O)O. The fraction of sp³-hybridized carbons (Fsp3) is 0.595. The molecule has 0 aliphatic carbocycles. The number of carboxylic acid groups (broad SMARTS) is 1. The number of carboxylic acids is 1. The number of fused-ring (bicyclic) bond motifs is 1. The number of aryl methyl sites for hydroxylation is 1. The predicted octanol–water partition coefficient (Wildman–Crippen LogP) is 2.44. The van der Waals surface area contributed by atoms with Crippen molar-refractivity contribution < 1.29 is 44.9 Å². The molecule has 3 rings (SSSR count). The van der Waals surface area contributed by atoms with Gasteiger partial charge in [0.15, 0.2) is 6.10 Å². The maximum atomic E-state index is 12.8. The van der Waals surface area contributed by atoms with Gasteiger partial charge < -0.3 is 45.4 Å². The molecule has 0 saturated heterocycles. The third-order valence-corrected chi connectivity index (χ3v) is 8.21. The Hall–Kier alpha value is -3.43. The highest BCUT2D eigenvalue weighted by Gasteiger charge is 2.29. The number of benzene rings is 2. The van der Waals surface area contributed by atoms with Crippen molar-refractivity contribution in [3.63, 3.8) is 0 Å². The molecule has 0 amide bonds. The van der Waals surface area contributed by atoms with Gasteiger partial charge in [0.05, 0.1) is 30.2 Å². The van der Waals surface area contributed by atoms with E-state index in [2.05, 4.69) is 17.2 Å². The van der Waals surface area contributed by atoms with Crippen LogP contribution >= 0.6 is 0 Å². The molecule has 13 heteroatoms. The first-order valence-corrected chi connectivity index (χ1v) is 17.7. The summed E-state index contributed by atoms with van der Waals surface area (Å²) >= 11 is 0. The number of unbranched alkanes of at least 4 members (excludes halogenated alkanes) is 5. The summed E-state index contributed by atoms with van der Waals surface area (Å²) in [6.07, 6.45) is 1.54. The van der Waals surface area contributed by atoms with Gasteiger partial charge in [0.1, 0.15) is 36.5 Å². The van der Waals surface area contributed by atoms with E-state index < -0.39 is 43.1 Å². The quantitative estimate of drug-likeness (QED) is 0.0712. The number of hydrogen-bond donors (Lipinski definition) is 7. The number of para-hydroxylation sites is 1. The standard InChI is InChI=1S/C23H26N2O5.C14H31NO5/c1-3-21-24-19-8-6-5-7-18(19)22(26)25(21)13-14-30-17-11-9-16(10-12-17)15-20(23(27)28)29-4-2;1-2-3-4-5-6-7-8-15-9-11(17)13(19)14(20)12(18)10-16/h5-12,20H,3-4,13-15H2,1-2H3,(H,27,28);11-20H,2-10H2,1H3. The summed E-state index contributed by atoms with van der Waals surface area (Å²) < 4.78 is 12.7. The van der Waals surface area contributed by atoms with Crippen molar-refractivity contribution in [1.29, 1.82) is 0 Å². The molecule has 0 fully saturated rings. The van der Waals surface area contributed by atoms with Crippen molar-refractivity contribution in [2.75, 3.05) is 32.9 Å². The van der Waals surface area contributed by atoms with Crippen molar-refractivity contribution in [3.8, 4) is 5.75 Å². The first-order chi connectivity index (χ1) is 24.1. The minimum atomic E-state index is -1.55. The van der Waals surface area contributed by atoms with Crippen LogP contribution in [-0.4, -0.2) is 110 Å². The van der Waals surface area contributed by atoms with Gasteiger partial charge in [0, 0.05) is 26.0 Å². The third kappa shape index (κ3) is 14.4. The highest BCUT2D eigenvalue weighted by molar-refractivity contribution is 5.77. The predicted molar refractivity (Wildman–Crippen MR) is 191 cm³/mol. The average molecular weight is 704 g/mol. The van der Waals surface area contributed by atoms with Crippen LogP contribution in [0.2, 0.25) is 0 Å². The maximum Gasteiger partial charge on any atom is 0.333 e. The minimum absolute atomic E-state index is 0.0629. The average Bonchev–Trinajstić information content (AvgIpc) is 3.13. The van der Waals surface area contributed by atoms with Gasteiger partial charge in [-0.1, -0.05) is 70.2 Å². The van der Waals surface area contributed by atoms with E-state index in [0.717, 1.165) is 30.8 Å². The van der Waals surface area contributed by atoms with E-state index in [1.807, 2.05) is 37.3 Å². The van der Waals surface area contributed by atoms with Crippen molar-refractivity contribution in [1.82, 2.24) is 14.9 Å². The lowest BCUT2D eigenvalue weighted by Gasteiger charge is -2.25. The molecule has 1 heterocycles. The molecule has 2 aromatic carbocycles. The first kappa shape index (κ1) is 42.7. The molecule has 0 aliphatic rings. The van der Waals surface area contributed by atoms with Crippen molar-refractivity contribution in [3.05, 3.63) is 70.3 Å². The Morgan fingerprint density at radius 3 is 2.20 bits per heavy atom. The van der Waals surface area contributed by atoms with E-state index in [4.69, 9.17) is 19.7 Å². The Labute approximate surface area is 294 Å². The molecule has 5 atom stereocenters. The van der Waals surface area contributed by atoms with Crippen LogP contribution in [0.5, 0.6) is 5.75 Å². The Balaban J connectivity index is 0.000000380. The molecule has 5 unspecified atom stereocenters. The zero-order valence-corrected chi connectivity index (χ0v) is 29.6. The molecule has 7 N–H and O–H groups in total. The molecule has 0 bridgehead atoms. The molecule has 0 saturated carbocycles. The molecule has 3 aromatic rings. The lowest BCUT2D eigenvalue weighted by Crippen LogP contribution is -2.49. The van der Waals surface area contributed by atoms with Gasteiger partial charge >= 0.3 is 5.97 Å². The molecular weight excluding hydrogens is 646 g/mol. The molecule has 1 aromatic heterocycles. The lowest BCUT2D eigenvalue weighted by molar-refractivity contribution is -0.149. The van der Waals surface area contributed by atoms with E-state index in [-0.39, 0.29) is 12.1 Å². The number of aliphatic carboxylic acids is 1. The first-order valence-electron chi connectivity index (χ1n) is 17.7. The number of aromatic nitrogens is 2. The van der Waals surface area contributed by atoms with Crippen molar-refractivity contribution in [2.45, 2.75) is 109 Å². The summed E-state index contributed by atoms with van der Waals surface area (Å²) in [7, 11) is 0. The summed E-state index contributed by atoms with van der Waals surface area (Å²) in [5.41, 5.74) is 1.50. The normalized spacial score (nSPS) is 14.3. The second-order valence-corrected chi connectivity index (χ2v) is 12.1. The fourth-order valence-electron chi connectivity index (χ4n) is 5.29. The van der Waals surface area contributed by atoms with E-state index in [0.29, 0.717) is 49.3 Å². The van der Waals surface area contributed by atoms with Crippen LogP contribution in [0.3, 0.4) is 0 Å². The number of carbonyl (C=O) groups is 1. The second kappa shape index (κ2) is 23.9. The van der Waals surface area contributed by atoms with Crippen LogP contribution in [0.15, 0.2) is 53.3 Å². The number of rotatable bonds is 23. The highest BCUT2D eigenvalue weighted by atomic mass is 16.5. The van der Waals surface area contributed by atoms with Crippen LogP contribution in [0.4, 0.5) is 0 Å². The van der Waals surface area contributed by atoms with E-state index in [1.165, 1.54) is 25.7 Å². The van der Waals surface area contributed by atoms with Crippen LogP contribution in [0.25, 0.3) is 10.9 Å². The Morgan fingerprint density at radius 2 is 1.56 bits per heavy atom. The fourth-order valence-corrected chi connectivity index (χ4v) is 5.29. The molecule has 13 nitrogen and oxygen atoms in total. The summed E-state index contributed by atoms with van der Waals surface area (Å²) in [6.45, 7) is 7.22. The van der Waals surface area contributed by atoms with Gasteiger partial charge in [-0.25, -0.2) is 9.78 Å². The monoisotopic (exact) mass is 703 g/mol. The van der Waals surface area contributed by atoms with Gasteiger partial charge in [0.25, 0.3) is 5.56 Å². The van der Waals surface area contributed by atoms with E-state index in [1.54, 1.807) is 29.7 Å². The molecule has 50 heavy (non-hydrogen) atoms. The van der Waals surface area contributed by atoms with Crippen molar-refractivity contribution >= 4 is 16.9 Å². The smallest absolute Gasteiger partial charge is 0.333 e. The van der Waals surface area contributed by atoms with Crippen LogP contribution in [0.1, 0.15) is 70.7 Å². The Morgan fingerprint density at radius 1 is 0.900 bits per heavy atom. The van der Waals surface area contributed by atoms with Gasteiger partial charge in [-0.3, -0.25) is 9.36 Å². The van der Waals surface area contributed by atoms with Gasteiger partial charge in [0.2, 0.25) is 0 Å². The molecule has 0 aliphatic heterocycles. The zero-order valence-electron chi connectivity index (χ0n) is 29.6. The van der Waals surface area contributed by atoms with E-state index in [9.17, 15) is 30.0 Å². The zero-order chi connectivity index (χ0) is 36.9. The van der Waals surface area contributed by atoms with Crippen LogP contribution in [-0.2, 0) is 28.9 Å². The summed E-state index contributed by atoms with van der Waals surface area (Å²) in [4.78, 5) is 28.6. The number of nitrogens with zero attached hydrogens (tertiary/aromatic N) is 2. The van der Waals surface area contributed by atoms with Gasteiger partial charge in [-0.2, -0.15) is 0 Å². The minimum Gasteiger partial charge on any atom is -0.492 e. The third-order valence-electron chi connectivity index (χ3n) is 8.21. The van der Waals surface area contributed by atoms with E-state index >= 15 is 0 Å². The molecule has 0 radical (unpaired) electrons. The molecule has 280 valence electrons. The number of aliphatic hydroxyl groups excluding tert-OH is 5. The Bertz CT molecular complexity index is 1440. The van der Waals surface area contributed by atoms with Gasteiger partial charge in [-0.15, -0.1) is 0 Å². The number of ether oxygens (including phenoxy) is 2. The van der Waals surface area contributed by atoms with Crippen LogP contribution in [0, 0.1) is 0 Å². The largest absolute Gasteiger partial charge is 0.492 e. The summed E-state index contributed by atoms with van der Waals surface area (Å²) in [5.74, 6) is 0.411.